The third-order valence-corrected chi connectivity index (χ3v) is 3.10. The summed E-state index contributed by atoms with van der Waals surface area (Å²) < 4.78 is 34.5. The number of alkyl halides is 2. The average Bonchev–Trinajstić information content (AvgIpc) is 2.69. The lowest BCUT2D eigenvalue weighted by atomic mass is 9.99. The number of rotatable bonds is 5. The molecule has 0 aliphatic carbocycles. The molecular weight excluding hydrogens is 264 g/mol. The highest BCUT2D eigenvalue weighted by atomic mass is 19.3. The van der Waals surface area contributed by atoms with E-state index in [4.69, 9.17) is 4.42 Å². The molecule has 0 amide bonds. The minimum atomic E-state index is -2.82. The summed E-state index contributed by atoms with van der Waals surface area (Å²) in [6.07, 6.45) is 0. The second-order valence-corrected chi connectivity index (χ2v) is 4.54. The summed E-state index contributed by atoms with van der Waals surface area (Å²) >= 11 is 0. The Morgan fingerprint density at radius 3 is 2.50 bits per heavy atom. The van der Waals surface area contributed by atoms with Crippen molar-refractivity contribution in [3.05, 3.63) is 53.0 Å². The molecule has 0 aliphatic rings. The summed E-state index contributed by atoms with van der Waals surface area (Å²) in [4.78, 5) is 0. The van der Waals surface area contributed by atoms with E-state index in [0.717, 1.165) is 22.6 Å². The summed E-state index contributed by atoms with van der Waals surface area (Å²) in [5.41, 5.74) is 1.83. The van der Waals surface area contributed by atoms with Gasteiger partial charge in [-0.1, -0.05) is 12.1 Å². The van der Waals surface area contributed by atoms with Gasteiger partial charge in [0.2, 0.25) is 0 Å². The van der Waals surface area contributed by atoms with Crippen molar-refractivity contribution in [3.8, 4) is 5.75 Å². The molecule has 2 aromatic rings. The Balaban J connectivity index is 2.34. The molecule has 0 aliphatic heterocycles. The van der Waals surface area contributed by atoms with Crippen molar-refractivity contribution >= 4 is 0 Å². The van der Waals surface area contributed by atoms with Crippen molar-refractivity contribution in [1.29, 1.82) is 0 Å². The molecule has 0 fully saturated rings. The van der Waals surface area contributed by atoms with Gasteiger partial charge in [-0.25, -0.2) is 0 Å². The SMILES string of the molecule is CNC(c1cccc(OC(F)F)c1)c1cc(C)oc1C. The van der Waals surface area contributed by atoms with Crippen LogP contribution in [0.5, 0.6) is 5.75 Å². The highest BCUT2D eigenvalue weighted by Gasteiger charge is 2.18. The number of hydrogen-bond acceptors (Lipinski definition) is 3. The van der Waals surface area contributed by atoms with E-state index in [1.54, 1.807) is 12.1 Å². The number of nitrogens with one attached hydrogen (secondary N) is 1. The monoisotopic (exact) mass is 281 g/mol. The Morgan fingerprint density at radius 2 is 1.95 bits per heavy atom. The number of benzene rings is 1. The molecule has 0 saturated heterocycles. The molecule has 1 heterocycles. The highest BCUT2D eigenvalue weighted by molar-refractivity contribution is 5.38. The number of ether oxygens (including phenoxy) is 1. The van der Waals surface area contributed by atoms with Gasteiger partial charge in [0, 0.05) is 5.56 Å². The third kappa shape index (κ3) is 3.17. The zero-order valence-electron chi connectivity index (χ0n) is 11.6. The topological polar surface area (TPSA) is 34.4 Å². The van der Waals surface area contributed by atoms with Gasteiger partial charge in [0.15, 0.2) is 0 Å². The standard InChI is InChI=1S/C15H17F2NO2/c1-9-7-13(10(2)19-9)14(18-3)11-5-4-6-12(8-11)20-15(16)17/h4-8,14-15,18H,1-3H3. The molecule has 0 radical (unpaired) electrons. The zero-order chi connectivity index (χ0) is 14.7. The predicted molar refractivity (Wildman–Crippen MR) is 72.2 cm³/mol. The number of furan rings is 1. The molecule has 2 rings (SSSR count). The van der Waals surface area contributed by atoms with E-state index in [9.17, 15) is 8.78 Å². The van der Waals surface area contributed by atoms with Gasteiger partial charge in [0.05, 0.1) is 6.04 Å². The molecule has 3 nitrogen and oxygen atoms in total. The maximum atomic E-state index is 12.3. The fraction of sp³-hybridized carbons (Fsp3) is 0.333. The van der Waals surface area contributed by atoms with E-state index in [2.05, 4.69) is 10.1 Å². The van der Waals surface area contributed by atoms with Crippen LogP contribution < -0.4 is 10.1 Å². The molecule has 1 unspecified atom stereocenters. The first-order chi connectivity index (χ1) is 9.51. The van der Waals surface area contributed by atoms with Crippen molar-refractivity contribution in [3.63, 3.8) is 0 Å². The maximum absolute atomic E-state index is 12.3. The predicted octanol–water partition coefficient (Wildman–Crippen LogP) is 3.81. The molecule has 1 N–H and O–H groups in total. The lowest BCUT2D eigenvalue weighted by Gasteiger charge is -2.17. The van der Waals surface area contributed by atoms with Gasteiger partial charge < -0.3 is 14.5 Å². The molecule has 0 bridgehead atoms. The van der Waals surface area contributed by atoms with Gasteiger partial charge in [-0.15, -0.1) is 0 Å². The van der Waals surface area contributed by atoms with Crippen molar-refractivity contribution < 1.29 is 17.9 Å². The minimum absolute atomic E-state index is 0.131. The van der Waals surface area contributed by atoms with E-state index in [1.165, 1.54) is 6.07 Å². The van der Waals surface area contributed by atoms with E-state index in [-0.39, 0.29) is 11.8 Å². The summed E-state index contributed by atoms with van der Waals surface area (Å²) in [7, 11) is 1.81. The summed E-state index contributed by atoms with van der Waals surface area (Å²) in [5.74, 6) is 1.77. The van der Waals surface area contributed by atoms with Gasteiger partial charge in [0.1, 0.15) is 17.3 Å². The molecule has 108 valence electrons. The van der Waals surface area contributed by atoms with Crippen LogP contribution in [0.25, 0.3) is 0 Å². The second kappa shape index (κ2) is 6.05. The Kier molecular flexibility index (Phi) is 4.39. The van der Waals surface area contributed by atoms with E-state index in [1.807, 2.05) is 33.0 Å². The summed E-state index contributed by atoms with van der Waals surface area (Å²) in [5, 5.41) is 3.17. The molecule has 20 heavy (non-hydrogen) atoms. The van der Waals surface area contributed by atoms with Crippen LogP contribution in [0, 0.1) is 13.8 Å². The number of hydrogen-bond donors (Lipinski definition) is 1. The van der Waals surface area contributed by atoms with Crippen molar-refractivity contribution in [2.24, 2.45) is 0 Å². The lowest BCUT2D eigenvalue weighted by molar-refractivity contribution is -0.0498. The van der Waals surface area contributed by atoms with E-state index in [0.29, 0.717) is 0 Å². The third-order valence-electron chi connectivity index (χ3n) is 3.10. The lowest BCUT2D eigenvalue weighted by Crippen LogP contribution is -2.18. The first kappa shape index (κ1) is 14.5. The smallest absolute Gasteiger partial charge is 0.387 e. The second-order valence-electron chi connectivity index (χ2n) is 4.54. The van der Waals surface area contributed by atoms with Crippen molar-refractivity contribution in [2.45, 2.75) is 26.5 Å². The van der Waals surface area contributed by atoms with E-state index >= 15 is 0 Å². The molecular formula is C15H17F2NO2. The van der Waals surface area contributed by atoms with Gasteiger partial charge >= 0.3 is 6.61 Å². The van der Waals surface area contributed by atoms with Crippen molar-refractivity contribution in [1.82, 2.24) is 5.32 Å². The quantitative estimate of drug-likeness (QED) is 0.905. The van der Waals surface area contributed by atoms with Crippen molar-refractivity contribution in [2.75, 3.05) is 7.05 Å². The average molecular weight is 281 g/mol. The maximum Gasteiger partial charge on any atom is 0.387 e. The van der Waals surface area contributed by atoms with Gasteiger partial charge in [-0.2, -0.15) is 8.78 Å². The Hall–Kier alpha value is -1.88. The Morgan fingerprint density at radius 1 is 1.20 bits per heavy atom. The molecule has 1 aromatic carbocycles. The van der Waals surface area contributed by atoms with Gasteiger partial charge in [-0.3, -0.25) is 0 Å². The first-order valence-electron chi connectivity index (χ1n) is 6.30. The Bertz CT molecular complexity index is 581. The van der Waals surface area contributed by atoms with Crippen LogP contribution in [0.2, 0.25) is 0 Å². The van der Waals surface area contributed by atoms with Crippen LogP contribution in [0.4, 0.5) is 8.78 Å². The van der Waals surface area contributed by atoms with Gasteiger partial charge in [-0.05, 0) is 44.7 Å². The van der Waals surface area contributed by atoms with Crippen LogP contribution in [0.3, 0.4) is 0 Å². The fourth-order valence-corrected chi connectivity index (χ4v) is 2.31. The van der Waals surface area contributed by atoms with Crippen LogP contribution >= 0.6 is 0 Å². The minimum Gasteiger partial charge on any atom is -0.466 e. The summed E-state index contributed by atoms with van der Waals surface area (Å²) in [6.45, 7) is 0.933. The van der Waals surface area contributed by atoms with Crippen LogP contribution in [-0.4, -0.2) is 13.7 Å². The number of aryl methyl sites for hydroxylation is 2. The largest absolute Gasteiger partial charge is 0.466 e. The Labute approximate surface area is 116 Å². The van der Waals surface area contributed by atoms with Crippen LogP contribution in [0.15, 0.2) is 34.7 Å². The molecule has 5 heteroatoms. The summed E-state index contributed by atoms with van der Waals surface area (Å²) in [6, 6.07) is 8.48. The van der Waals surface area contributed by atoms with Gasteiger partial charge in [0.25, 0.3) is 0 Å². The highest BCUT2D eigenvalue weighted by Crippen LogP contribution is 2.29. The molecule has 0 saturated carbocycles. The molecule has 1 atom stereocenters. The fourth-order valence-electron chi connectivity index (χ4n) is 2.31. The number of halogens is 2. The zero-order valence-corrected chi connectivity index (χ0v) is 11.6. The van der Waals surface area contributed by atoms with Crippen LogP contribution in [0.1, 0.15) is 28.7 Å². The first-order valence-corrected chi connectivity index (χ1v) is 6.30. The normalized spacial score (nSPS) is 12.7. The van der Waals surface area contributed by atoms with Crippen LogP contribution in [-0.2, 0) is 0 Å². The van der Waals surface area contributed by atoms with E-state index < -0.39 is 6.61 Å². The molecule has 1 aromatic heterocycles. The molecule has 0 spiro atoms.